The van der Waals surface area contributed by atoms with Gasteiger partial charge in [0.25, 0.3) is 0 Å². The zero-order valence-corrected chi connectivity index (χ0v) is 13.7. The molecule has 1 aromatic heterocycles. The zero-order chi connectivity index (χ0) is 18.0. The molecule has 4 N–H and O–H groups in total. The lowest BCUT2D eigenvalue weighted by molar-refractivity contribution is 0.105. The summed E-state index contributed by atoms with van der Waals surface area (Å²) in [5, 5.41) is 40.7. The number of anilines is 1. The van der Waals surface area contributed by atoms with Crippen LogP contribution in [0.2, 0.25) is 5.02 Å². The van der Waals surface area contributed by atoms with Gasteiger partial charge in [-0.25, -0.2) is 4.39 Å². The van der Waals surface area contributed by atoms with Crippen molar-refractivity contribution in [2.45, 2.75) is 6.10 Å². The van der Waals surface area contributed by atoms with E-state index in [4.69, 9.17) is 16.7 Å². The SMILES string of the molecule is OC[C@H](O)CNc1nnc(-c2c(O)cc(Cl)cc2F)c2ccccc12. The molecule has 3 rings (SSSR count). The van der Waals surface area contributed by atoms with Crippen LogP contribution in [-0.2, 0) is 0 Å². The first-order valence-corrected chi connectivity index (χ1v) is 7.85. The van der Waals surface area contributed by atoms with E-state index in [2.05, 4.69) is 15.5 Å². The molecule has 0 aliphatic heterocycles. The van der Waals surface area contributed by atoms with E-state index in [1.807, 2.05) is 0 Å². The van der Waals surface area contributed by atoms with Crippen LogP contribution in [0.4, 0.5) is 10.2 Å². The van der Waals surface area contributed by atoms with Gasteiger partial charge in [0.1, 0.15) is 17.3 Å². The molecule has 0 aliphatic rings. The lowest BCUT2D eigenvalue weighted by atomic mass is 10.0. The molecule has 0 fully saturated rings. The third-order valence-corrected chi connectivity index (χ3v) is 3.89. The normalized spacial score (nSPS) is 12.3. The second-order valence-electron chi connectivity index (χ2n) is 5.44. The summed E-state index contributed by atoms with van der Waals surface area (Å²) >= 11 is 5.75. The largest absolute Gasteiger partial charge is 0.507 e. The predicted octanol–water partition coefficient (Wildman–Crippen LogP) is 2.56. The minimum absolute atomic E-state index is 0.0762. The zero-order valence-electron chi connectivity index (χ0n) is 12.9. The summed E-state index contributed by atoms with van der Waals surface area (Å²) in [7, 11) is 0. The topological polar surface area (TPSA) is 98.5 Å². The summed E-state index contributed by atoms with van der Waals surface area (Å²) in [5.74, 6) is -0.664. The first-order chi connectivity index (χ1) is 12.0. The van der Waals surface area contributed by atoms with E-state index in [1.165, 1.54) is 6.07 Å². The standard InChI is InChI=1S/C17H15ClFN3O3/c18-9-5-13(19)15(14(25)6-9)16-11-3-1-2-4-12(11)17(22-21-16)20-7-10(24)8-23/h1-6,10,23-25H,7-8H2,(H,20,22)/t10-/m1/s1. The van der Waals surface area contributed by atoms with Gasteiger partial charge in [-0.15, -0.1) is 10.2 Å². The molecule has 3 aromatic rings. The van der Waals surface area contributed by atoms with Gasteiger partial charge >= 0.3 is 0 Å². The van der Waals surface area contributed by atoms with E-state index >= 15 is 0 Å². The summed E-state index contributed by atoms with van der Waals surface area (Å²) in [4.78, 5) is 0. The van der Waals surface area contributed by atoms with Crippen molar-refractivity contribution in [3.8, 4) is 17.0 Å². The Morgan fingerprint density at radius 3 is 2.56 bits per heavy atom. The maximum Gasteiger partial charge on any atom is 0.156 e. The number of phenolic OH excluding ortho intramolecular Hbond substituents is 1. The summed E-state index contributed by atoms with van der Waals surface area (Å²) in [6, 6.07) is 9.34. The van der Waals surface area contributed by atoms with Crippen molar-refractivity contribution in [3.05, 3.63) is 47.2 Å². The lowest BCUT2D eigenvalue weighted by Gasteiger charge is -2.14. The molecule has 8 heteroatoms. The van der Waals surface area contributed by atoms with Crippen molar-refractivity contribution in [1.29, 1.82) is 0 Å². The Kier molecular flexibility index (Phi) is 4.98. The summed E-state index contributed by atoms with van der Waals surface area (Å²) < 4.78 is 14.3. The molecule has 0 spiro atoms. The number of aromatic hydroxyl groups is 1. The van der Waals surface area contributed by atoms with Crippen LogP contribution in [0.3, 0.4) is 0 Å². The average Bonchev–Trinajstić information content (AvgIpc) is 2.59. The number of halogens is 2. The average molecular weight is 364 g/mol. The molecule has 0 bridgehead atoms. The van der Waals surface area contributed by atoms with Crippen LogP contribution in [0.1, 0.15) is 0 Å². The minimum Gasteiger partial charge on any atom is -0.507 e. The third-order valence-electron chi connectivity index (χ3n) is 3.67. The van der Waals surface area contributed by atoms with Crippen molar-refractivity contribution in [3.63, 3.8) is 0 Å². The minimum atomic E-state index is -0.946. The van der Waals surface area contributed by atoms with E-state index in [-0.39, 0.29) is 35.2 Å². The van der Waals surface area contributed by atoms with Gasteiger partial charge in [0, 0.05) is 22.3 Å². The number of aliphatic hydroxyl groups excluding tert-OH is 2. The maximum absolute atomic E-state index is 14.3. The Morgan fingerprint density at radius 1 is 1.16 bits per heavy atom. The second-order valence-corrected chi connectivity index (χ2v) is 5.88. The molecular weight excluding hydrogens is 349 g/mol. The highest BCUT2D eigenvalue weighted by molar-refractivity contribution is 6.30. The Balaban J connectivity index is 2.13. The molecule has 6 nitrogen and oxygen atoms in total. The number of nitrogens with one attached hydrogen (secondary N) is 1. The van der Waals surface area contributed by atoms with Crippen LogP contribution in [0.25, 0.3) is 22.0 Å². The number of hydrogen-bond donors (Lipinski definition) is 4. The lowest BCUT2D eigenvalue weighted by Crippen LogP contribution is -2.23. The van der Waals surface area contributed by atoms with Crippen molar-refractivity contribution >= 4 is 28.2 Å². The van der Waals surface area contributed by atoms with Crippen LogP contribution < -0.4 is 5.32 Å². The van der Waals surface area contributed by atoms with E-state index in [9.17, 15) is 14.6 Å². The quantitative estimate of drug-likeness (QED) is 0.556. The van der Waals surface area contributed by atoms with E-state index in [0.29, 0.717) is 16.6 Å². The van der Waals surface area contributed by atoms with Gasteiger partial charge in [-0.05, 0) is 12.1 Å². The highest BCUT2D eigenvalue weighted by Gasteiger charge is 2.18. The van der Waals surface area contributed by atoms with Gasteiger partial charge < -0.3 is 20.6 Å². The molecule has 0 amide bonds. The van der Waals surface area contributed by atoms with Crippen molar-refractivity contribution < 1.29 is 19.7 Å². The number of aromatic nitrogens is 2. The highest BCUT2D eigenvalue weighted by Crippen LogP contribution is 2.37. The molecule has 1 heterocycles. The Bertz CT molecular complexity index is 900. The summed E-state index contributed by atoms with van der Waals surface area (Å²) in [6.07, 6.45) is -0.946. The second kappa shape index (κ2) is 7.18. The molecule has 1 atom stereocenters. The monoisotopic (exact) mass is 363 g/mol. The number of benzene rings is 2. The molecule has 130 valence electrons. The van der Waals surface area contributed by atoms with Gasteiger partial charge in [0.15, 0.2) is 5.82 Å². The van der Waals surface area contributed by atoms with Crippen LogP contribution in [0.5, 0.6) is 5.75 Å². The van der Waals surface area contributed by atoms with Gasteiger partial charge in [0.05, 0.1) is 18.3 Å². The fourth-order valence-corrected chi connectivity index (χ4v) is 2.69. The van der Waals surface area contributed by atoms with Crippen LogP contribution in [-0.4, -0.2) is 44.8 Å². The Hall–Kier alpha value is -2.48. The van der Waals surface area contributed by atoms with Crippen molar-refractivity contribution in [2.75, 3.05) is 18.5 Å². The molecule has 25 heavy (non-hydrogen) atoms. The number of nitrogens with zero attached hydrogens (tertiary/aromatic N) is 2. The van der Waals surface area contributed by atoms with Crippen LogP contribution >= 0.6 is 11.6 Å². The molecule has 0 saturated carbocycles. The molecular formula is C17H15ClFN3O3. The van der Waals surface area contributed by atoms with Gasteiger partial charge in [-0.2, -0.15) is 0 Å². The molecule has 0 radical (unpaired) electrons. The smallest absolute Gasteiger partial charge is 0.156 e. The fraction of sp³-hybridized carbons (Fsp3) is 0.176. The molecule has 0 aliphatic carbocycles. The number of hydrogen-bond acceptors (Lipinski definition) is 6. The number of rotatable bonds is 5. The van der Waals surface area contributed by atoms with Crippen molar-refractivity contribution in [1.82, 2.24) is 10.2 Å². The summed E-state index contributed by atoms with van der Waals surface area (Å²) in [5.41, 5.74) is 0.0885. The predicted molar refractivity (Wildman–Crippen MR) is 93.2 cm³/mol. The molecule has 0 saturated heterocycles. The number of fused-ring (bicyclic) bond motifs is 1. The molecule has 2 aromatic carbocycles. The van der Waals surface area contributed by atoms with Gasteiger partial charge in [0.2, 0.25) is 0 Å². The van der Waals surface area contributed by atoms with E-state index in [1.54, 1.807) is 24.3 Å². The first kappa shape index (κ1) is 17.3. The number of aliphatic hydroxyl groups is 2. The van der Waals surface area contributed by atoms with Gasteiger partial charge in [-0.1, -0.05) is 35.9 Å². The van der Waals surface area contributed by atoms with E-state index < -0.39 is 11.9 Å². The highest BCUT2D eigenvalue weighted by atomic mass is 35.5. The van der Waals surface area contributed by atoms with Gasteiger partial charge in [-0.3, -0.25) is 0 Å². The van der Waals surface area contributed by atoms with Crippen LogP contribution in [0, 0.1) is 5.82 Å². The maximum atomic E-state index is 14.3. The van der Waals surface area contributed by atoms with Crippen LogP contribution in [0.15, 0.2) is 36.4 Å². The third kappa shape index (κ3) is 3.48. The van der Waals surface area contributed by atoms with Crippen molar-refractivity contribution in [2.24, 2.45) is 0 Å². The van der Waals surface area contributed by atoms with E-state index in [0.717, 1.165) is 6.07 Å². The first-order valence-electron chi connectivity index (χ1n) is 7.48. The Labute approximate surface area is 147 Å². The summed E-state index contributed by atoms with van der Waals surface area (Å²) in [6.45, 7) is -0.310. The fourth-order valence-electron chi connectivity index (χ4n) is 2.49. The molecule has 0 unspecified atom stereocenters. The Morgan fingerprint density at radius 2 is 1.88 bits per heavy atom. The number of phenols is 1.